The Balaban J connectivity index is 1.50. The normalized spacial score (nSPS) is 11.1. The molecule has 0 saturated carbocycles. The molecule has 2 aromatic heterocycles. The van der Waals surface area contributed by atoms with Crippen molar-refractivity contribution in [2.75, 3.05) is 6.61 Å². The molecule has 0 aliphatic rings. The zero-order chi connectivity index (χ0) is 24.2. The summed E-state index contributed by atoms with van der Waals surface area (Å²) in [5.74, 6) is 2.22. The highest BCUT2D eigenvalue weighted by Crippen LogP contribution is 2.29. The Bertz CT molecular complexity index is 1510. The van der Waals surface area contributed by atoms with Gasteiger partial charge < -0.3 is 9.15 Å². The molecule has 0 saturated heterocycles. The van der Waals surface area contributed by atoms with Gasteiger partial charge >= 0.3 is 5.63 Å². The molecule has 2 heterocycles. The fourth-order valence-corrected chi connectivity index (χ4v) is 4.96. The van der Waals surface area contributed by atoms with Gasteiger partial charge in [-0.3, -0.25) is 4.57 Å². The zero-order valence-electron chi connectivity index (χ0n) is 19.6. The number of benzene rings is 3. The molecule has 0 aliphatic carbocycles. The number of hydrogen-bond acceptors (Lipinski definition) is 6. The van der Waals surface area contributed by atoms with Crippen molar-refractivity contribution < 1.29 is 9.15 Å². The molecule has 0 amide bonds. The van der Waals surface area contributed by atoms with Crippen molar-refractivity contribution in [3.63, 3.8) is 0 Å². The molecular weight excluding hydrogens is 458 g/mol. The Hall–Kier alpha value is -3.84. The van der Waals surface area contributed by atoms with E-state index in [9.17, 15) is 4.79 Å². The predicted octanol–water partition coefficient (Wildman–Crippen LogP) is 5.96. The predicted molar refractivity (Wildman–Crippen MR) is 139 cm³/mol. The Labute approximate surface area is 207 Å². The number of aromatic nitrogens is 3. The van der Waals surface area contributed by atoms with Gasteiger partial charge in [-0.05, 0) is 60.9 Å². The van der Waals surface area contributed by atoms with Crippen molar-refractivity contribution in [1.82, 2.24) is 14.8 Å². The van der Waals surface area contributed by atoms with Crippen LogP contribution in [0.4, 0.5) is 0 Å². The van der Waals surface area contributed by atoms with Crippen LogP contribution in [0, 0.1) is 6.92 Å². The van der Waals surface area contributed by atoms with Gasteiger partial charge in [0.15, 0.2) is 5.16 Å². The van der Waals surface area contributed by atoms with Gasteiger partial charge in [0, 0.05) is 29.3 Å². The van der Waals surface area contributed by atoms with E-state index in [2.05, 4.69) is 26.9 Å². The standard InChI is InChI=1S/C28H25N3O3S/c1-3-33-23-12-10-22(11-13-23)31-26(16-20-7-5-4-6-8-20)29-30-28(31)35-18-21-17-27(32)34-25-15-19(2)9-14-24(21)25/h4-15,17H,3,16,18H2,1-2H3. The van der Waals surface area contributed by atoms with Crippen LogP contribution in [-0.2, 0) is 12.2 Å². The largest absolute Gasteiger partial charge is 0.494 e. The number of nitrogens with zero attached hydrogens (tertiary/aromatic N) is 3. The van der Waals surface area contributed by atoms with Crippen LogP contribution in [0.25, 0.3) is 16.7 Å². The van der Waals surface area contributed by atoms with E-state index < -0.39 is 0 Å². The Morgan fingerprint density at radius 3 is 2.54 bits per heavy atom. The van der Waals surface area contributed by atoms with E-state index in [0.29, 0.717) is 24.4 Å². The number of thioether (sulfide) groups is 1. The molecular formula is C28H25N3O3S. The maximum Gasteiger partial charge on any atom is 0.336 e. The van der Waals surface area contributed by atoms with Crippen molar-refractivity contribution in [3.8, 4) is 11.4 Å². The first kappa shape index (κ1) is 22.9. The Morgan fingerprint density at radius 1 is 0.971 bits per heavy atom. The Kier molecular flexibility index (Phi) is 6.68. The summed E-state index contributed by atoms with van der Waals surface area (Å²) in [7, 11) is 0. The van der Waals surface area contributed by atoms with E-state index in [0.717, 1.165) is 44.5 Å². The molecule has 3 aromatic carbocycles. The quantitative estimate of drug-likeness (QED) is 0.200. The van der Waals surface area contributed by atoms with Crippen LogP contribution in [0.15, 0.2) is 93.2 Å². The smallest absolute Gasteiger partial charge is 0.336 e. The van der Waals surface area contributed by atoms with Crippen molar-refractivity contribution in [2.24, 2.45) is 0 Å². The minimum absolute atomic E-state index is 0.351. The van der Waals surface area contributed by atoms with Crippen molar-refractivity contribution in [3.05, 3.63) is 112 Å². The number of ether oxygens (including phenoxy) is 1. The second-order valence-corrected chi connectivity index (χ2v) is 9.14. The summed E-state index contributed by atoms with van der Waals surface area (Å²) in [6, 6.07) is 25.6. The lowest BCUT2D eigenvalue weighted by atomic mass is 10.1. The van der Waals surface area contributed by atoms with E-state index in [-0.39, 0.29) is 5.63 Å². The molecule has 35 heavy (non-hydrogen) atoms. The van der Waals surface area contributed by atoms with E-state index in [1.165, 1.54) is 0 Å². The minimum Gasteiger partial charge on any atom is -0.494 e. The highest BCUT2D eigenvalue weighted by Gasteiger charge is 2.16. The van der Waals surface area contributed by atoms with Crippen LogP contribution in [0.1, 0.15) is 29.4 Å². The summed E-state index contributed by atoms with van der Waals surface area (Å²) in [6.45, 7) is 4.56. The number of hydrogen-bond donors (Lipinski definition) is 0. The van der Waals surface area contributed by atoms with Gasteiger partial charge in [0.25, 0.3) is 0 Å². The van der Waals surface area contributed by atoms with Crippen molar-refractivity contribution in [2.45, 2.75) is 31.2 Å². The molecule has 7 heteroatoms. The number of aryl methyl sites for hydroxylation is 1. The Morgan fingerprint density at radius 2 is 1.77 bits per heavy atom. The lowest BCUT2D eigenvalue weighted by molar-refractivity contribution is 0.340. The molecule has 0 spiro atoms. The number of rotatable bonds is 8. The third kappa shape index (κ3) is 5.15. The molecule has 0 atom stereocenters. The van der Waals surface area contributed by atoms with E-state index >= 15 is 0 Å². The second kappa shape index (κ2) is 10.2. The third-order valence-corrected chi connectivity index (χ3v) is 6.63. The van der Waals surface area contributed by atoms with Gasteiger partial charge in [-0.1, -0.05) is 54.2 Å². The molecule has 0 N–H and O–H groups in total. The lowest BCUT2D eigenvalue weighted by Crippen LogP contribution is -2.05. The lowest BCUT2D eigenvalue weighted by Gasteiger charge is -2.12. The summed E-state index contributed by atoms with van der Waals surface area (Å²) in [5.41, 5.74) is 4.33. The second-order valence-electron chi connectivity index (χ2n) is 8.20. The highest BCUT2D eigenvalue weighted by molar-refractivity contribution is 7.98. The first-order chi connectivity index (χ1) is 17.1. The monoisotopic (exact) mass is 483 g/mol. The van der Waals surface area contributed by atoms with E-state index in [1.807, 2.05) is 74.5 Å². The summed E-state index contributed by atoms with van der Waals surface area (Å²) >= 11 is 1.55. The molecule has 0 unspecified atom stereocenters. The zero-order valence-corrected chi connectivity index (χ0v) is 20.4. The summed E-state index contributed by atoms with van der Waals surface area (Å²) in [4.78, 5) is 12.2. The molecule has 0 aliphatic heterocycles. The van der Waals surface area contributed by atoms with Crippen LogP contribution in [-0.4, -0.2) is 21.4 Å². The molecule has 6 nitrogen and oxygen atoms in total. The van der Waals surface area contributed by atoms with E-state index in [1.54, 1.807) is 17.8 Å². The minimum atomic E-state index is -0.351. The van der Waals surface area contributed by atoms with Crippen LogP contribution in [0.2, 0.25) is 0 Å². The fraction of sp³-hybridized carbons (Fsp3) is 0.179. The SMILES string of the molecule is CCOc1ccc(-n2c(Cc3ccccc3)nnc2SCc2cc(=O)oc3cc(C)ccc23)cc1. The molecule has 5 aromatic rings. The third-order valence-electron chi connectivity index (χ3n) is 5.65. The summed E-state index contributed by atoms with van der Waals surface area (Å²) in [6.07, 6.45) is 0.652. The molecule has 0 fully saturated rings. The van der Waals surface area contributed by atoms with Gasteiger partial charge in [-0.25, -0.2) is 4.79 Å². The molecule has 176 valence electrons. The fourth-order valence-electron chi connectivity index (χ4n) is 4.00. The van der Waals surface area contributed by atoms with Crippen molar-refractivity contribution >= 4 is 22.7 Å². The molecule has 0 bridgehead atoms. The van der Waals surface area contributed by atoms with Gasteiger partial charge in [0.1, 0.15) is 17.2 Å². The van der Waals surface area contributed by atoms with Crippen LogP contribution in [0.3, 0.4) is 0 Å². The first-order valence-corrected chi connectivity index (χ1v) is 12.5. The van der Waals surface area contributed by atoms with Crippen LogP contribution >= 0.6 is 11.8 Å². The average molecular weight is 484 g/mol. The highest BCUT2D eigenvalue weighted by atomic mass is 32.2. The van der Waals surface area contributed by atoms with Crippen LogP contribution in [0.5, 0.6) is 5.75 Å². The van der Waals surface area contributed by atoms with Gasteiger partial charge in [0.2, 0.25) is 0 Å². The average Bonchev–Trinajstić information content (AvgIpc) is 3.25. The molecule has 0 radical (unpaired) electrons. The van der Waals surface area contributed by atoms with Crippen LogP contribution < -0.4 is 10.4 Å². The topological polar surface area (TPSA) is 70.2 Å². The van der Waals surface area contributed by atoms with Gasteiger partial charge in [-0.2, -0.15) is 0 Å². The van der Waals surface area contributed by atoms with Gasteiger partial charge in [-0.15, -0.1) is 10.2 Å². The molecule has 5 rings (SSSR count). The van der Waals surface area contributed by atoms with Gasteiger partial charge in [0.05, 0.1) is 6.61 Å². The maximum atomic E-state index is 12.2. The first-order valence-electron chi connectivity index (χ1n) is 11.5. The summed E-state index contributed by atoms with van der Waals surface area (Å²) in [5, 5.41) is 10.7. The summed E-state index contributed by atoms with van der Waals surface area (Å²) < 4.78 is 13.1. The number of fused-ring (bicyclic) bond motifs is 1. The van der Waals surface area contributed by atoms with Crippen molar-refractivity contribution in [1.29, 1.82) is 0 Å². The maximum absolute atomic E-state index is 12.2. The van der Waals surface area contributed by atoms with E-state index in [4.69, 9.17) is 9.15 Å².